The van der Waals surface area contributed by atoms with Gasteiger partial charge in [-0.25, -0.2) is 14.4 Å². The molecular weight excluding hydrogens is 519 g/mol. The quantitative estimate of drug-likeness (QED) is 0.443. The van der Waals surface area contributed by atoms with E-state index >= 15 is 0 Å². The molecule has 0 radical (unpaired) electrons. The lowest BCUT2D eigenvalue weighted by atomic mass is 10.1. The molecule has 3 aromatic rings. The van der Waals surface area contributed by atoms with Crippen LogP contribution in [-0.4, -0.2) is 41.0 Å². The normalized spacial score (nSPS) is 13.5. The van der Waals surface area contributed by atoms with Crippen molar-refractivity contribution in [2.24, 2.45) is 0 Å². The standard InChI is InChI=1S/C24H19ClF3N3O6/c1-2-36-21(33)17-13-30(16-8-6-15(7-9-16)29-10-11-37-23(29)35)22(34)31(20(17)32)12-14-4-3-5-18(19(14)25)24(26,27)28/h3-9,13H,2,10-12H2,1H3. The number of hydrogen-bond acceptors (Lipinski definition) is 6. The lowest BCUT2D eigenvalue weighted by Gasteiger charge is -2.16. The first-order valence-corrected chi connectivity index (χ1v) is 11.3. The minimum atomic E-state index is -4.76. The number of anilines is 1. The minimum Gasteiger partial charge on any atom is -0.462 e. The van der Waals surface area contributed by atoms with Crippen molar-refractivity contribution < 1.29 is 32.2 Å². The maximum absolute atomic E-state index is 13.3. The number of carbonyl (C=O) groups is 2. The van der Waals surface area contributed by atoms with Crippen LogP contribution in [0.25, 0.3) is 5.69 Å². The molecule has 0 spiro atoms. The van der Waals surface area contributed by atoms with Gasteiger partial charge in [0.05, 0.1) is 36.0 Å². The summed E-state index contributed by atoms with van der Waals surface area (Å²) < 4.78 is 51.4. The lowest BCUT2D eigenvalue weighted by Crippen LogP contribution is -2.42. The predicted octanol–water partition coefficient (Wildman–Crippen LogP) is 3.85. The van der Waals surface area contributed by atoms with Crippen molar-refractivity contribution in [3.63, 3.8) is 0 Å². The number of cyclic esters (lactones) is 1. The van der Waals surface area contributed by atoms with E-state index in [0.717, 1.165) is 22.9 Å². The molecule has 0 unspecified atom stereocenters. The Balaban J connectivity index is 1.83. The van der Waals surface area contributed by atoms with Crippen molar-refractivity contribution in [2.45, 2.75) is 19.6 Å². The van der Waals surface area contributed by atoms with Gasteiger partial charge >= 0.3 is 23.9 Å². The molecule has 0 aliphatic carbocycles. The molecule has 4 rings (SSSR count). The van der Waals surface area contributed by atoms with Gasteiger partial charge in [-0.1, -0.05) is 23.7 Å². The average molecular weight is 538 g/mol. The summed E-state index contributed by atoms with van der Waals surface area (Å²) in [6.07, 6.45) is -4.28. The molecule has 0 saturated carbocycles. The number of alkyl halides is 3. The third-order valence-corrected chi connectivity index (χ3v) is 6.03. The fourth-order valence-corrected chi connectivity index (χ4v) is 4.08. The van der Waals surface area contributed by atoms with Gasteiger partial charge < -0.3 is 9.47 Å². The zero-order valence-corrected chi connectivity index (χ0v) is 20.0. The molecule has 37 heavy (non-hydrogen) atoms. The summed E-state index contributed by atoms with van der Waals surface area (Å²) in [6.45, 7) is 1.40. The molecule has 1 aromatic heterocycles. The van der Waals surface area contributed by atoms with Crippen LogP contribution < -0.4 is 16.1 Å². The van der Waals surface area contributed by atoms with Crippen LogP contribution >= 0.6 is 11.6 Å². The summed E-state index contributed by atoms with van der Waals surface area (Å²) in [5.41, 5.74) is -3.05. The van der Waals surface area contributed by atoms with Crippen molar-refractivity contribution in [1.82, 2.24) is 9.13 Å². The highest BCUT2D eigenvalue weighted by Crippen LogP contribution is 2.36. The van der Waals surface area contributed by atoms with E-state index < -0.39 is 52.2 Å². The van der Waals surface area contributed by atoms with Gasteiger partial charge in [-0.2, -0.15) is 13.2 Å². The van der Waals surface area contributed by atoms with Gasteiger partial charge in [0.1, 0.15) is 12.2 Å². The lowest BCUT2D eigenvalue weighted by molar-refractivity contribution is -0.137. The fraction of sp³-hybridized carbons (Fsp3) is 0.250. The van der Waals surface area contributed by atoms with Gasteiger partial charge in [0.25, 0.3) is 5.56 Å². The Hall–Kier alpha value is -4.06. The van der Waals surface area contributed by atoms with Crippen molar-refractivity contribution >= 4 is 29.4 Å². The molecule has 2 heterocycles. The van der Waals surface area contributed by atoms with Crippen LogP contribution in [0.5, 0.6) is 0 Å². The molecule has 1 fully saturated rings. The Labute approximate surface area is 212 Å². The van der Waals surface area contributed by atoms with Crippen molar-refractivity contribution in [2.75, 3.05) is 24.7 Å². The molecule has 0 N–H and O–H groups in total. The second-order valence-corrected chi connectivity index (χ2v) is 8.24. The molecule has 2 aromatic carbocycles. The molecular formula is C24H19ClF3N3O6. The van der Waals surface area contributed by atoms with Crippen molar-refractivity contribution in [1.29, 1.82) is 0 Å². The number of ether oxygens (including phenoxy) is 2. The number of aromatic nitrogens is 2. The molecule has 1 aliphatic heterocycles. The van der Waals surface area contributed by atoms with Gasteiger partial charge in [0, 0.05) is 11.9 Å². The van der Waals surface area contributed by atoms with Gasteiger partial charge in [0.15, 0.2) is 0 Å². The number of rotatable bonds is 6. The van der Waals surface area contributed by atoms with E-state index in [4.69, 9.17) is 21.1 Å². The van der Waals surface area contributed by atoms with E-state index in [1.165, 1.54) is 42.2 Å². The summed E-state index contributed by atoms with van der Waals surface area (Å²) >= 11 is 5.97. The van der Waals surface area contributed by atoms with Crippen LogP contribution in [0, 0.1) is 0 Å². The monoisotopic (exact) mass is 537 g/mol. The minimum absolute atomic E-state index is 0.0580. The van der Waals surface area contributed by atoms with Gasteiger partial charge in [-0.05, 0) is 42.8 Å². The molecule has 0 bridgehead atoms. The van der Waals surface area contributed by atoms with Crippen LogP contribution in [0.4, 0.5) is 23.7 Å². The number of halogens is 4. The van der Waals surface area contributed by atoms with E-state index in [-0.39, 0.29) is 24.5 Å². The highest BCUT2D eigenvalue weighted by atomic mass is 35.5. The van der Waals surface area contributed by atoms with Crippen molar-refractivity contribution in [3.8, 4) is 5.69 Å². The molecule has 9 nitrogen and oxygen atoms in total. The topological polar surface area (TPSA) is 99.8 Å². The summed E-state index contributed by atoms with van der Waals surface area (Å²) in [4.78, 5) is 52.1. The number of hydrogen-bond donors (Lipinski definition) is 0. The first-order chi connectivity index (χ1) is 17.5. The zero-order valence-electron chi connectivity index (χ0n) is 19.3. The Morgan fingerprint density at radius 3 is 2.35 bits per heavy atom. The van der Waals surface area contributed by atoms with Crippen LogP contribution in [0.1, 0.15) is 28.4 Å². The summed E-state index contributed by atoms with van der Waals surface area (Å²) in [7, 11) is 0. The third-order valence-electron chi connectivity index (χ3n) is 5.58. The number of amides is 1. The SMILES string of the molecule is CCOC(=O)c1cn(-c2ccc(N3CCOC3=O)cc2)c(=O)n(Cc2cccc(C(F)(F)F)c2Cl)c1=O. The number of nitrogens with zero attached hydrogens (tertiary/aromatic N) is 3. The summed E-state index contributed by atoms with van der Waals surface area (Å²) in [5.74, 6) is -1.01. The van der Waals surface area contributed by atoms with E-state index in [1.807, 2.05) is 0 Å². The molecule has 1 saturated heterocycles. The smallest absolute Gasteiger partial charge is 0.417 e. The Morgan fingerprint density at radius 1 is 1.08 bits per heavy atom. The van der Waals surface area contributed by atoms with Crippen LogP contribution in [0.2, 0.25) is 5.02 Å². The predicted molar refractivity (Wildman–Crippen MR) is 127 cm³/mol. The summed E-state index contributed by atoms with van der Waals surface area (Å²) in [6, 6.07) is 9.15. The first-order valence-electron chi connectivity index (χ1n) is 11.0. The number of benzene rings is 2. The van der Waals surface area contributed by atoms with E-state index in [1.54, 1.807) is 0 Å². The zero-order chi connectivity index (χ0) is 26.9. The van der Waals surface area contributed by atoms with E-state index in [2.05, 4.69) is 0 Å². The fourth-order valence-electron chi connectivity index (χ4n) is 3.79. The molecule has 0 atom stereocenters. The molecule has 194 valence electrons. The Morgan fingerprint density at radius 2 is 1.76 bits per heavy atom. The van der Waals surface area contributed by atoms with E-state index in [9.17, 15) is 32.3 Å². The number of carbonyl (C=O) groups excluding carboxylic acids is 2. The van der Waals surface area contributed by atoms with Crippen LogP contribution in [0.3, 0.4) is 0 Å². The second kappa shape index (κ2) is 10.1. The van der Waals surface area contributed by atoms with Crippen molar-refractivity contribution in [3.05, 3.63) is 91.2 Å². The number of esters is 1. The maximum Gasteiger partial charge on any atom is 0.417 e. The maximum atomic E-state index is 13.3. The first kappa shape index (κ1) is 26.0. The van der Waals surface area contributed by atoms with Gasteiger partial charge in [0.2, 0.25) is 0 Å². The summed E-state index contributed by atoms with van der Waals surface area (Å²) in [5, 5.41) is -0.670. The average Bonchev–Trinajstić information content (AvgIpc) is 3.28. The van der Waals surface area contributed by atoms with Crippen LogP contribution in [0.15, 0.2) is 58.3 Å². The van der Waals surface area contributed by atoms with Gasteiger partial charge in [-0.3, -0.25) is 18.8 Å². The largest absolute Gasteiger partial charge is 0.462 e. The third kappa shape index (κ3) is 5.10. The second-order valence-electron chi connectivity index (χ2n) is 7.87. The van der Waals surface area contributed by atoms with Gasteiger partial charge in [-0.15, -0.1) is 0 Å². The molecule has 1 amide bonds. The molecule has 13 heteroatoms. The Kier molecular flexibility index (Phi) is 7.12. The highest BCUT2D eigenvalue weighted by Gasteiger charge is 2.34. The van der Waals surface area contributed by atoms with Crippen LogP contribution in [-0.2, 0) is 22.2 Å². The van der Waals surface area contributed by atoms with E-state index in [0.29, 0.717) is 16.8 Å². The highest BCUT2D eigenvalue weighted by molar-refractivity contribution is 6.32. The Bertz CT molecular complexity index is 1480. The molecule has 1 aliphatic rings.